The Hall–Kier alpha value is -3.68. The highest BCUT2D eigenvalue weighted by Gasteiger charge is 2.53. The molecule has 3 aliphatic rings. The maximum atomic E-state index is 14.0. The van der Waals surface area contributed by atoms with Crippen LogP contribution in [0.25, 0.3) is 10.9 Å². The van der Waals surface area contributed by atoms with Crippen molar-refractivity contribution in [1.82, 2.24) is 20.5 Å². The van der Waals surface area contributed by atoms with E-state index in [0.717, 1.165) is 6.42 Å². The molecule has 2 aromatic rings. The smallest absolute Gasteiger partial charge is 0.271 e. The zero-order valence-electron chi connectivity index (χ0n) is 21.9. The molecule has 2 saturated heterocycles. The van der Waals surface area contributed by atoms with Crippen molar-refractivity contribution >= 4 is 28.6 Å². The molecule has 1 saturated carbocycles. The molecule has 0 radical (unpaired) electrons. The van der Waals surface area contributed by atoms with Crippen molar-refractivity contribution in [3.63, 3.8) is 0 Å². The fourth-order valence-corrected chi connectivity index (χ4v) is 6.34. The molecule has 39 heavy (non-hydrogen) atoms. The lowest BCUT2D eigenvalue weighted by atomic mass is 9.71. The summed E-state index contributed by atoms with van der Waals surface area (Å²) in [4.78, 5) is 44.1. The van der Waals surface area contributed by atoms with Crippen molar-refractivity contribution in [2.24, 2.45) is 11.3 Å². The lowest BCUT2D eigenvalue weighted by molar-refractivity contribution is -0.128. The molecule has 2 aliphatic heterocycles. The first-order chi connectivity index (χ1) is 18.6. The number of alkyl halides is 2. The number of nitrogens with one attached hydrogen (secondary N) is 3. The van der Waals surface area contributed by atoms with Gasteiger partial charge in [0.25, 0.3) is 5.91 Å². The third kappa shape index (κ3) is 5.42. The number of ether oxygens (including phenoxy) is 1. The van der Waals surface area contributed by atoms with Gasteiger partial charge in [0.2, 0.25) is 17.7 Å². The van der Waals surface area contributed by atoms with Crippen LogP contribution in [0.3, 0.4) is 0 Å². The molecule has 1 aromatic heterocycles. The van der Waals surface area contributed by atoms with E-state index in [2.05, 4.69) is 21.7 Å². The van der Waals surface area contributed by atoms with Crippen LogP contribution < -0.4 is 15.4 Å². The number of piperidine rings is 1. The number of fused-ring (bicyclic) bond motifs is 1. The second-order valence-corrected chi connectivity index (χ2v) is 11.2. The summed E-state index contributed by atoms with van der Waals surface area (Å²) >= 11 is 0. The summed E-state index contributed by atoms with van der Waals surface area (Å²) in [6.07, 6.45) is 1.69. The van der Waals surface area contributed by atoms with Crippen molar-refractivity contribution in [2.45, 2.75) is 69.4 Å². The summed E-state index contributed by atoms with van der Waals surface area (Å²) in [5, 5.41) is 16.0. The van der Waals surface area contributed by atoms with Crippen LogP contribution in [0.1, 0.15) is 61.9 Å². The lowest BCUT2D eigenvalue weighted by Gasteiger charge is -2.36. The number of nitrogens with zero attached hydrogens (tertiary/aromatic N) is 2. The van der Waals surface area contributed by atoms with Gasteiger partial charge < -0.3 is 25.3 Å². The first kappa shape index (κ1) is 26.9. The van der Waals surface area contributed by atoms with Crippen LogP contribution in [-0.2, 0) is 9.59 Å². The average Bonchev–Trinajstić information content (AvgIpc) is 3.53. The van der Waals surface area contributed by atoms with Gasteiger partial charge in [-0.1, -0.05) is 6.07 Å². The molecule has 3 heterocycles. The summed E-state index contributed by atoms with van der Waals surface area (Å²) < 4.78 is 33.5. The molecule has 1 aliphatic carbocycles. The Labute approximate surface area is 225 Å². The number of methoxy groups -OCH3 is 1. The summed E-state index contributed by atoms with van der Waals surface area (Å²) in [7, 11) is 1.54. The van der Waals surface area contributed by atoms with Crippen molar-refractivity contribution in [1.29, 1.82) is 5.26 Å². The predicted octanol–water partition coefficient (Wildman–Crippen LogP) is 3.51. The molecule has 1 spiro atoms. The Morgan fingerprint density at radius 1 is 1.28 bits per heavy atom. The molecule has 9 nitrogen and oxygen atoms in total. The van der Waals surface area contributed by atoms with Gasteiger partial charge in [-0.15, -0.1) is 0 Å². The molecule has 11 heteroatoms. The molecule has 3 fully saturated rings. The Balaban J connectivity index is 1.39. The fraction of sp³-hybridized carbons (Fsp3) is 0.571. The minimum atomic E-state index is -2.75. The highest BCUT2D eigenvalue weighted by molar-refractivity contribution is 6.02. The molecule has 3 atom stereocenters. The van der Waals surface area contributed by atoms with E-state index in [1.54, 1.807) is 18.2 Å². The average molecular weight is 542 g/mol. The van der Waals surface area contributed by atoms with Crippen LogP contribution in [0.4, 0.5) is 8.78 Å². The molecule has 1 unspecified atom stereocenters. The molecular weight excluding hydrogens is 508 g/mol. The molecule has 3 N–H and O–H groups in total. The molecule has 3 amide bonds. The Kier molecular flexibility index (Phi) is 7.23. The number of rotatable bonds is 6. The SMILES string of the molecule is COc1cccc2[nH]c(C(=O)N3CC4(CCC(F)(F)CC4)CC3C(=O)N[C@H](C#N)C[C@@H]3CCCNC3=O)cc12. The van der Waals surface area contributed by atoms with E-state index in [4.69, 9.17) is 4.74 Å². The maximum absolute atomic E-state index is 14.0. The predicted molar refractivity (Wildman–Crippen MR) is 138 cm³/mol. The number of carbonyl (C=O) groups excluding carboxylic acids is 3. The van der Waals surface area contributed by atoms with Crippen molar-refractivity contribution in [2.75, 3.05) is 20.2 Å². The van der Waals surface area contributed by atoms with Crippen LogP contribution in [0, 0.1) is 22.7 Å². The first-order valence-electron chi connectivity index (χ1n) is 13.5. The molecule has 5 rings (SSSR count). The van der Waals surface area contributed by atoms with Gasteiger partial charge in [0, 0.05) is 42.8 Å². The standard InChI is InChI=1S/C28H33F2N5O4/c1-39-23-6-2-5-20-19(23)13-21(34-20)26(38)35-16-27(7-9-28(29,30)10-8-27)14-22(35)25(37)33-18(15-31)12-17-4-3-11-32-24(17)36/h2,5-6,13,17-18,22,34H,3-4,7-12,14,16H2,1H3,(H,32,36)(H,33,37)/t17-,18-,22?/m0/s1. The minimum absolute atomic E-state index is 0.134. The van der Waals surface area contributed by atoms with Gasteiger partial charge in [-0.2, -0.15) is 5.26 Å². The van der Waals surface area contributed by atoms with E-state index < -0.39 is 35.2 Å². The van der Waals surface area contributed by atoms with Gasteiger partial charge in [0.1, 0.15) is 23.5 Å². The number of hydrogen-bond acceptors (Lipinski definition) is 5. The summed E-state index contributed by atoms with van der Waals surface area (Å²) in [5.74, 6) is -3.59. The first-order valence-corrected chi connectivity index (χ1v) is 13.5. The zero-order chi connectivity index (χ0) is 27.8. The van der Waals surface area contributed by atoms with Crippen LogP contribution in [0.2, 0.25) is 0 Å². The number of halogens is 2. The lowest BCUT2D eigenvalue weighted by Crippen LogP contribution is -2.49. The quantitative estimate of drug-likeness (QED) is 0.516. The van der Waals surface area contributed by atoms with Gasteiger partial charge in [-0.05, 0) is 62.1 Å². The van der Waals surface area contributed by atoms with Gasteiger partial charge in [0.15, 0.2) is 0 Å². The number of nitriles is 1. The minimum Gasteiger partial charge on any atom is -0.496 e. The van der Waals surface area contributed by atoms with E-state index >= 15 is 0 Å². The van der Waals surface area contributed by atoms with E-state index in [-0.39, 0.29) is 62.6 Å². The van der Waals surface area contributed by atoms with Crippen LogP contribution in [-0.4, -0.2) is 65.8 Å². The van der Waals surface area contributed by atoms with Crippen LogP contribution in [0.15, 0.2) is 24.3 Å². The van der Waals surface area contributed by atoms with Crippen molar-refractivity contribution in [3.8, 4) is 11.8 Å². The highest BCUT2D eigenvalue weighted by Crippen LogP contribution is 2.50. The number of likely N-dealkylation sites (tertiary alicyclic amines) is 1. The highest BCUT2D eigenvalue weighted by atomic mass is 19.3. The van der Waals surface area contributed by atoms with Crippen LogP contribution in [0.5, 0.6) is 5.75 Å². The Morgan fingerprint density at radius 3 is 2.74 bits per heavy atom. The summed E-state index contributed by atoms with van der Waals surface area (Å²) in [5.41, 5.74) is 0.357. The Morgan fingerprint density at radius 2 is 2.05 bits per heavy atom. The third-order valence-electron chi connectivity index (χ3n) is 8.58. The van der Waals surface area contributed by atoms with E-state index in [0.29, 0.717) is 29.6 Å². The zero-order valence-corrected chi connectivity index (χ0v) is 21.9. The molecule has 208 valence electrons. The van der Waals surface area contributed by atoms with E-state index in [9.17, 15) is 28.4 Å². The summed E-state index contributed by atoms with van der Waals surface area (Å²) in [6.45, 7) is 0.771. The van der Waals surface area contributed by atoms with E-state index in [1.165, 1.54) is 12.0 Å². The fourth-order valence-electron chi connectivity index (χ4n) is 6.34. The van der Waals surface area contributed by atoms with Crippen LogP contribution >= 0.6 is 0 Å². The number of hydrogen-bond donors (Lipinski definition) is 3. The number of H-pyrrole nitrogens is 1. The second kappa shape index (κ2) is 10.5. The number of carbonyl (C=O) groups is 3. The largest absolute Gasteiger partial charge is 0.496 e. The number of aromatic amines is 1. The molecule has 1 aromatic carbocycles. The monoisotopic (exact) mass is 541 g/mol. The third-order valence-corrected chi connectivity index (χ3v) is 8.58. The van der Waals surface area contributed by atoms with Gasteiger partial charge >= 0.3 is 0 Å². The van der Waals surface area contributed by atoms with Gasteiger partial charge in [0.05, 0.1) is 13.2 Å². The second-order valence-electron chi connectivity index (χ2n) is 11.2. The van der Waals surface area contributed by atoms with Crippen molar-refractivity contribution in [3.05, 3.63) is 30.0 Å². The Bertz CT molecular complexity index is 1310. The topological polar surface area (TPSA) is 127 Å². The van der Waals surface area contributed by atoms with Gasteiger partial charge in [-0.25, -0.2) is 8.78 Å². The number of aromatic nitrogens is 1. The maximum Gasteiger partial charge on any atom is 0.271 e. The normalized spacial score (nSPS) is 24.7. The summed E-state index contributed by atoms with van der Waals surface area (Å²) in [6, 6.07) is 7.31. The van der Waals surface area contributed by atoms with Gasteiger partial charge in [-0.3, -0.25) is 14.4 Å². The van der Waals surface area contributed by atoms with Crippen molar-refractivity contribution < 1.29 is 27.9 Å². The number of benzene rings is 1. The van der Waals surface area contributed by atoms with E-state index in [1.807, 2.05) is 6.07 Å². The number of amides is 3. The molecular formula is C28H33F2N5O4. The molecule has 0 bridgehead atoms.